The van der Waals surface area contributed by atoms with Crippen LogP contribution in [0.3, 0.4) is 0 Å². The van der Waals surface area contributed by atoms with Crippen LogP contribution in [-0.2, 0) is 20.0 Å². The monoisotopic (exact) mass is 364 g/mol. The molecule has 0 saturated heterocycles. The number of hydrogen-bond acceptors (Lipinski definition) is 3. The molecule has 2 rings (SSSR count). The van der Waals surface area contributed by atoms with Crippen molar-refractivity contribution < 1.29 is 0 Å². The molecule has 0 atom stereocenters. The number of rotatable bonds is 3. The molecule has 0 spiro atoms. The van der Waals surface area contributed by atoms with Crippen LogP contribution in [0.15, 0.2) is 15.6 Å². The van der Waals surface area contributed by atoms with Crippen molar-refractivity contribution >= 4 is 39.1 Å². The van der Waals surface area contributed by atoms with Crippen LogP contribution in [0.4, 0.5) is 0 Å². The van der Waals surface area contributed by atoms with E-state index in [-0.39, 0.29) is 15.2 Å². The van der Waals surface area contributed by atoms with Gasteiger partial charge in [0.2, 0.25) is 0 Å². The summed E-state index contributed by atoms with van der Waals surface area (Å²) in [4.78, 5) is 15.9. The maximum absolute atomic E-state index is 12.0. The molecule has 0 aromatic carbocycles. The summed E-state index contributed by atoms with van der Waals surface area (Å²) in [5, 5.41) is 5.04. The molecule has 2 heterocycles. The van der Waals surface area contributed by atoms with E-state index < -0.39 is 0 Å². The lowest BCUT2D eigenvalue weighted by molar-refractivity contribution is 0.640. The predicted molar refractivity (Wildman–Crippen MR) is 77.9 cm³/mol. The molecular weight excluding hydrogens is 355 g/mol. The quantitative estimate of drug-likeness (QED) is 0.785. The zero-order valence-corrected chi connectivity index (χ0v) is 13.4. The molecule has 0 aliphatic carbocycles. The van der Waals surface area contributed by atoms with Gasteiger partial charge in [0.15, 0.2) is 5.15 Å². The Hall–Kier alpha value is -0.850. The van der Waals surface area contributed by atoms with Crippen LogP contribution < -0.4 is 5.56 Å². The van der Waals surface area contributed by atoms with Gasteiger partial charge in [0.1, 0.15) is 4.47 Å². The second-order valence-corrected chi connectivity index (χ2v) is 5.50. The molecule has 19 heavy (non-hydrogen) atoms. The lowest BCUT2D eigenvalue weighted by atomic mass is 10.3. The van der Waals surface area contributed by atoms with Crippen molar-refractivity contribution in [3.63, 3.8) is 0 Å². The predicted octanol–water partition coefficient (Wildman–Crippen LogP) is 2.66. The van der Waals surface area contributed by atoms with Crippen molar-refractivity contribution in [2.24, 2.45) is 7.05 Å². The first-order valence-corrected chi connectivity index (χ1v) is 7.11. The molecule has 8 heteroatoms. The van der Waals surface area contributed by atoms with Crippen molar-refractivity contribution in [3.8, 4) is 0 Å². The Morgan fingerprint density at radius 1 is 1.42 bits per heavy atom. The smallest absolute Gasteiger partial charge is 0.269 e. The highest BCUT2D eigenvalue weighted by Crippen LogP contribution is 2.21. The van der Waals surface area contributed by atoms with Gasteiger partial charge in [-0.3, -0.25) is 14.0 Å². The Morgan fingerprint density at radius 2 is 2.11 bits per heavy atom. The first kappa shape index (κ1) is 14.6. The van der Waals surface area contributed by atoms with Gasteiger partial charge in [0.05, 0.1) is 29.3 Å². The summed E-state index contributed by atoms with van der Waals surface area (Å²) >= 11 is 15.1. The lowest BCUT2D eigenvalue weighted by Gasteiger charge is -2.07. The van der Waals surface area contributed by atoms with E-state index in [1.54, 1.807) is 11.7 Å². The summed E-state index contributed by atoms with van der Waals surface area (Å²) in [7, 11) is 1.80. The van der Waals surface area contributed by atoms with Gasteiger partial charge in [0, 0.05) is 7.05 Å². The summed E-state index contributed by atoms with van der Waals surface area (Å²) in [5.74, 6) is 0. The second-order valence-electron chi connectivity index (χ2n) is 3.97. The topological polar surface area (TPSA) is 52.7 Å². The molecule has 0 unspecified atom stereocenters. The van der Waals surface area contributed by atoms with E-state index in [0.29, 0.717) is 11.6 Å². The second kappa shape index (κ2) is 5.64. The molecule has 0 radical (unpaired) electrons. The lowest BCUT2D eigenvalue weighted by Crippen LogP contribution is -2.23. The van der Waals surface area contributed by atoms with Crippen molar-refractivity contribution in [3.05, 3.63) is 42.7 Å². The van der Waals surface area contributed by atoms with Gasteiger partial charge in [-0.15, -0.1) is 0 Å². The largest absolute Gasteiger partial charge is 0.292 e. The minimum atomic E-state index is -0.254. The third kappa shape index (κ3) is 2.70. The minimum Gasteiger partial charge on any atom is -0.292 e. The number of hydrogen-bond donors (Lipinski definition) is 0. The van der Waals surface area contributed by atoms with E-state index in [1.807, 2.05) is 6.92 Å². The standard InChI is InChI=1S/C11H11BrCl2N4O/c1-3-6-9(13)7(17(2)16-6)4-18-5-15-10(14)8(12)11(18)19/h5H,3-4H2,1-2H3. The molecule has 0 N–H and O–H groups in total. The van der Waals surface area contributed by atoms with Crippen molar-refractivity contribution in [1.82, 2.24) is 19.3 Å². The van der Waals surface area contributed by atoms with Gasteiger partial charge in [-0.25, -0.2) is 4.98 Å². The third-order valence-electron chi connectivity index (χ3n) is 2.76. The average Bonchev–Trinajstić information content (AvgIpc) is 2.66. The number of nitrogens with zero attached hydrogens (tertiary/aromatic N) is 4. The molecule has 0 bridgehead atoms. The van der Waals surface area contributed by atoms with Crippen molar-refractivity contribution in [2.45, 2.75) is 19.9 Å². The highest BCUT2D eigenvalue weighted by molar-refractivity contribution is 9.10. The summed E-state index contributed by atoms with van der Waals surface area (Å²) in [6.45, 7) is 2.27. The Kier molecular flexibility index (Phi) is 4.32. The Morgan fingerprint density at radius 3 is 2.68 bits per heavy atom. The zero-order chi connectivity index (χ0) is 14.2. The molecule has 0 aliphatic rings. The molecule has 5 nitrogen and oxygen atoms in total. The number of aromatic nitrogens is 4. The fourth-order valence-electron chi connectivity index (χ4n) is 1.71. The van der Waals surface area contributed by atoms with Gasteiger partial charge >= 0.3 is 0 Å². The fourth-order valence-corrected chi connectivity index (χ4v) is 2.52. The van der Waals surface area contributed by atoms with E-state index in [1.165, 1.54) is 10.9 Å². The molecule has 102 valence electrons. The molecule has 2 aromatic rings. The van der Waals surface area contributed by atoms with E-state index in [2.05, 4.69) is 26.0 Å². The van der Waals surface area contributed by atoms with Gasteiger partial charge in [0.25, 0.3) is 5.56 Å². The molecule has 0 aliphatic heterocycles. The maximum atomic E-state index is 12.0. The molecule has 0 fully saturated rings. The van der Waals surface area contributed by atoms with Crippen LogP contribution in [0, 0.1) is 0 Å². The first-order chi connectivity index (χ1) is 8.95. The third-order valence-corrected chi connectivity index (χ3v) is 4.43. The van der Waals surface area contributed by atoms with Gasteiger partial charge in [-0.1, -0.05) is 30.1 Å². The first-order valence-electron chi connectivity index (χ1n) is 5.56. The zero-order valence-electron chi connectivity index (χ0n) is 10.3. The molecule has 0 amide bonds. The average molecular weight is 366 g/mol. The van der Waals surface area contributed by atoms with Crippen LogP contribution in [0.25, 0.3) is 0 Å². The molecular formula is C11H11BrCl2N4O. The minimum absolute atomic E-state index is 0.145. The summed E-state index contributed by atoms with van der Waals surface area (Å²) in [6.07, 6.45) is 2.13. The van der Waals surface area contributed by atoms with Gasteiger partial charge < -0.3 is 0 Å². The van der Waals surface area contributed by atoms with Crippen LogP contribution in [0.1, 0.15) is 18.3 Å². The number of halogens is 3. The Bertz CT molecular complexity index is 680. The normalized spacial score (nSPS) is 11.0. The van der Waals surface area contributed by atoms with Crippen molar-refractivity contribution in [1.29, 1.82) is 0 Å². The summed E-state index contributed by atoms with van der Waals surface area (Å²) in [6, 6.07) is 0. The van der Waals surface area contributed by atoms with Crippen LogP contribution in [-0.4, -0.2) is 19.3 Å². The van der Waals surface area contributed by atoms with Crippen LogP contribution in [0.2, 0.25) is 10.2 Å². The van der Waals surface area contributed by atoms with E-state index in [9.17, 15) is 4.79 Å². The number of aryl methyl sites for hydroxylation is 2. The summed E-state index contributed by atoms with van der Waals surface area (Å²) in [5.41, 5.74) is 1.32. The Balaban J connectivity index is 2.45. The van der Waals surface area contributed by atoms with Crippen molar-refractivity contribution in [2.75, 3.05) is 0 Å². The van der Waals surface area contributed by atoms with Crippen LogP contribution in [0.5, 0.6) is 0 Å². The SMILES string of the molecule is CCc1nn(C)c(Cn2cnc(Cl)c(Br)c2=O)c1Cl. The van der Waals surface area contributed by atoms with E-state index in [4.69, 9.17) is 23.2 Å². The highest BCUT2D eigenvalue weighted by Gasteiger charge is 2.15. The Labute approximate surface area is 128 Å². The molecule has 0 saturated carbocycles. The van der Waals surface area contributed by atoms with E-state index in [0.717, 1.165) is 17.8 Å². The van der Waals surface area contributed by atoms with Gasteiger partial charge in [-0.05, 0) is 22.4 Å². The summed E-state index contributed by atoms with van der Waals surface area (Å²) < 4.78 is 3.35. The van der Waals surface area contributed by atoms with Gasteiger partial charge in [-0.2, -0.15) is 5.10 Å². The van der Waals surface area contributed by atoms with E-state index >= 15 is 0 Å². The molecule has 2 aromatic heterocycles. The fraction of sp³-hybridized carbons (Fsp3) is 0.364. The van der Waals surface area contributed by atoms with Crippen LogP contribution >= 0.6 is 39.1 Å². The highest BCUT2D eigenvalue weighted by atomic mass is 79.9. The maximum Gasteiger partial charge on any atom is 0.269 e.